The van der Waals surface area contributed by atoms with E-state index < -0.39 is 0 Å². The SMILES string of the molecule is CC(=O)c1ccc(S)cc1.[Zn+2]. The molecule has 1 rings (SSSR count). The first-order valence-corrected chi connectivity index (χ1v) is 3.45. The van der Waals surface area contributed by atoms with Gasteiger partial charge in [-0.2, -0.15) is 0 Å². The van der Waals surface area contributed by atoms with Crippen molar-refractivity contribution in [2.75, 3.05) is 0 Å². The second-order valence-corrected chi connectivity index (χ2v) is 2.62. The predicted octanol–water partition coefficient (Wildman–Crippen LogP) is 2.18. The number of hydrogen-bond acceptors (Lipinski definition) is 2. The van der Waals surface area contributed by atoms with Crippen LogP contribution in [0.5, 0.6) is 0 Å². The van der Waals surface area contributed by atoms with Crippen LogP contribution in [0.25, 0.3) is 0 Å². The Balaban J connectivity index is 0.000001000. The van der Waals surface area contributed by atoms with Crippen molar-refractivity contribution in [1.29, 1.82) is 0 Å². The molecule has 0 aliphatic carbocycles. The Labute approximate surface area is 84.4 Å². The standard InChI is InChI=1S/C8H8OS.Zn/c1-6(9)7-2-4-8(10)5-3-7;/h2-5,10H,1H3;/q;+2. The van der Waals surface area contributed by atoms with Crippen LogP contribution >= 0.6 is 12.6 Å². The summed E-state index contributed by atoms with van der Waals surface area (Å²) in [4.78, 5) is 11.6. The van der Waals surface area contributed by atoms with E-state index in [1.807, 2.05) is 0 Å². The fourth-order valence-electron chi connectivity index (χ4n) is 0.696. The Bertz CT molecular complexity index is 243. The third-order valence-corrected chi connectivity index (χ3v) is 1.57. The summed E-state index contributed by atoms with van der Waals surface area (Å²) in [6.45, 7) is 1.55. The molecule has 0 fully saturated rings. The Hall–Kier alpha value is -0.137. The third-order valence-electron chi connectivity index (χ3n) is 1.27. The van der Waals surface area contributed by atoms with Crippen molar-refractivity contribution >= 4 is 18.4 Å². The molecule has 1 aromatic carbocycles. The van der Waals surface area contributed by atoms with Gasteiger partial charge in [-0.15, -0.1) is 12.6 Å². The molecular weight excluding hydrogens is 210 g/mol. The van der Waals surface area contributed by atoms with Gasteiger partial charge in [0.15, 0.2) is 5.78 Å². The first-order chi connectivity index (χ1) is 4.70. The van der Waals surface area contributed by atoms with Crippen LogP contribution in [0.1, 0.15) is 17.3 Å². The summed E-state index contributed by atoms with van der Waals surface area (Å²) in [7, 11) is 0. The molecule has 0 spiro atoms. The van der Waals surface area contributed by atoms with Crippen molar-refractivity contribution in [3.8, 4) is 0 Å². The van der Waals surface area contributed by atoms with Crippen LogP contribution in [0.15, 0.2) is 29.2 Å². The fraction of sp³-hybridized carbons (Fsp3) is 0.125. The minimum atomic E-state index is 0. The van der Waals surface area contributed by atoms with Gasteiger partial charge >= 0.3 is 19.5 Å². The van der Waals surface area contributed by atoms with E-state index >= 15 is 0 Å². The molecule has 0 radical (unpaired) electrons. The summed E-state index contributed by atoms with van der Waals surface area (Å²) in [5, 5.41) is 0. The average molecular weight is 218 g/mol. The quantitative estimate of drug-likeness (QED) is 0.434. The first-order valence-electron chi connectivity index (χ1n) is 3.00. The van der Waals surface area contributed by atoms with Crippen molar-refractivity contribution in [2.45, 2.75) is 11.8 Å². The number of benzene rings is 1. The van der Waals surface area contributed by atoms with E-state index in [0.29, 0.717) is 0 Å². The molecule has 3 heteroatoms. The number of carbonyl (C=O) groups excluding carboxylic acids is 1. The molecule has 0 saturated heterocycles. The second kappa shape index (κ2) is 4.68. The van der Waals surface area contributed by atoms with E-state index in [-0.39, 0.29) is 25.3 Å². The number of hydrogen-bond donors (Lipinski definition) is 1. The summed E-state index contributed by atoms with van der Waals surface area (Å²) >= 11 is 4.09. The fourth-order valence-corrected chi connectivity index (χ4v) is 0.845. The van der Waals surface area contributed by atoms with E-state index in [1.54, 1.807) is 31.2 Å². The summed E-state index contributed by atoms with van der Waals surface area (Å²) < 4.78 is 0. The molecule has 0 N–H and O–H groups in total. The summed E-state index contributed by atoms with van der Waals surface area (Å²) in [6, 6.07) is 7.15. The van der Waals surface area contributed by atoms with Gasteiger partial charge in [0.1, 0.15) is 0 Å². The number of thiol groups is 1. The smallest absolute Gasteiger partial charge is 0.295 e. The van der Waals surface area contributed by atoms with Gasteiger partial charge in [0, 0.05) is 10.5 Å². The first kappa shape index (κ1) is 10.9. The van der Waals surface area contributed by atoms with Crippen LogP contribution in [0, 0.1) is 0 Å². The van der Waals surface area contributed by atoms with Gasteiger partial charge in [0.25, 0.3) is 0 Å². The molecule has 1 aromatic rings. The van der Waals surface area contributed by atoms with Gasteiger partial charge in [-0.25, -0.2) is 0 Å². The Morgan fingerprint density at radius 1 is 1.27 bits per heavy atom. The zero-order chi connectivity index (χ0) is 7.56. The van der Waals surface area contributed by atoms with Gasteiger partial charge in [0.05, 0.1) is 0 Å². The summed E-state index contributed by atoms with van der Waals surface area (Å²) in [5.41, 5.74) is 0.734. The molecule has 1 nitrogen and oxygen atoms in total. The van der Waals surface area contributed by atoms with Crippen molar-refractivity contribution in [3.05, 3.63) is 29.8 Å². The molecule has 52 valence electrons. The van der Waals surface area contributed by atoms with E-state index in [4.69, 9.17) is 0 Å². The molecule has 11 heavy (non-hydrogen) atoms. The minimum absolute atomic E-state index is 0. The summed E-state index contributed by atoms with van der Waals surface area (Å²) in [5.74, 6) is 0.0910. The van der Waals surface area contributed by atoms with Gasteiger partial charge in [-0.1, -0.05) is 12.1 Å². The van der Waals surface area contributed by atoms with Crippen LogP contribution in [-0.4, -0.2) is 5.78 Å². The van der Waals surface area contributed by atoms with Gasteiger partial charge in [-0.05, 0) is 19.1 Å². The average Bonchev–Trinajstić information content (AvgIpc) is 1.88. The van der Waals surface area contributed by atoms with Crippen LogP contribution in [0.3, 0.4) is 0 Å². The Kier molecular flexibility index (Phi) is 4.62. The number of Topliss-reactive ketones (excluding diaryl/α,β-unsaturated/α-hetero) is 1. The van der Waals surface area contributed by atoms with Crippen molar-refractivity contribution < 1.29 is 24.3 Å². The minimum Gasteiger partial charge on any atom is -0.295 e. The molecule has 0 aliphatic rings. The Morgan fingerprint density at radius 2 is 1.73 bits per heavy atom. The third kappa shape index (κ3) is 3.17. The number of rotatable bonds is 1. The maximum Gasteiger partial charge on any atom is 2.00 e. The number of ketones is 1. The van der Waals surface area contributed by atoms with Crippen LogP contribution in [0.4, 0.5) is 0 Å². The second-order valence-electron chi connectivity index (χ2n) is 2.10. The molecule has 0 aromatic heterocycles. The zero-order valence-electron chi connectivity index (χ0n) is 6.37. The molecule has 0 aliphatic heterocycles. The van der Waals surface area contributed by atoms with E-state index in [9.17, 15) is 4.79 Å². The zero-order valence-corrected chi connectivity index (χ0v) is 10.2. The number of carbonyl (C=O) groups is 1. The van der Waals surface area contributed by atoms with Crippen molar-refractivity contribution in [2.24, 2.45) is 0 Å². The molecule has 0 bridgehead atoms. The molecule has 0 atom stereocenters. The largest absolute Gasteiger partial charge is 2.00 e. The topological polar surface area (TPSA) is 17.1 Å². The van der Waals surface area contributed by atoms with Crippen LogP contribution in [-0.2, 0) is 19.5 Å². The normalized spacial score (nSPS) is 8.55. The van der Waals surface area contributed by atoms with Crippen molar-refractivity contribution in [3.63, 3.8) is 0 Å². The molecule has 0 heterocycles. The van der Waals surface area contributed by atoms with E-state index in [0.717, 1.165) is 10.5 Å². The predicted molar refractivity (Wildman–Crippen MR) is 43.7 cm³/mol. The Morgan fingerprint density at radius 3 is 2.09 bits per heavy atom. The maximum atomic E-state index is 10.7. The van der Waals surface area contributed by atoms with Crippen LogP contribution in [0.2, 0.25) is 0 Å². The van der Waals surface area contributed by atoms with Gasteiger partial charge in [-0.3, -0.25) is 4.79 Å². The molecule has 0 unspecified atom stereocenters. The molecular formula is C8H8OSZn+2. The van der Waals surface area contributed by atoms with Gasteiger partial charge in [0.2, 0.25) is 0 Å². The molecule has 0 saturated carbocycles. The monoisotopic (exact) mass is 216 g/mol. The van der Waals surface area contributed by atoms with E-state index in [2.05, 4.69) is 12.6 Å². The van der Waals surface area contributed by atoms with E-state index in [1.165, 1.54) is 0 Å². The van der Waals surface area contributed by atoms with Gasteiger partial charge < -0.3 is 0 Å². The summed E-state index contributed by atoms with van der Waals surface area (Å²) in [6.07, 6.45) is 0. The maximum absolute atomic E-state index is 10.7. The van der Waals surface area contributed by atoms with Crippen LogP contribution < -0.4 is 0 Å². The molecule has 0 amide bonds. The van der Waals surface area contributed by atoms with Crippen molar-refractivity contribution in [1.82, 2.24) is 0 Å².